The summed E-state index contributed by atoms with van der Waals surface area (Å²) in [5.74, 6) is -0.612. The molecule has 158 valence electrons. The Hall–Kier alpha value is -2.66. The molecule has 2 aromatic carbocycles. The van der Waals surface area contributed by atoms with E-state index >= 15 is 0 Å². The number of carbonyl (C=O) groups excluding carboxylic acids is 2. The molecule has 0 spiro atoms. The van der Waals surface area contributed by atoms with E-state index in [4.69, 9.17) is 4.84 Å². The van der Waals surface area contributed by atoms with Crippen molar-refractivity contribution in [1.29, 1.82) is 0 Å². The molecule has 5 nitrogen and oxygen atoms in total. The summed E-state index contributed by atoms with van der Waals surface area (Å²) in [6.07, 6.45) is 3.38. The number of hydroxylamine groups is 1. The van der Waals surface area contributed by atoms with Crippen LogP contribution in [0.2, 0.25) is 0 Å². The average Bonchev–Trinajstić information content (AvgIpc) is 3.27. The van der Waals surface area contributed by atoms with Crippen LogP contribution in [0.3, 0.4) is 0 Å². The van der Waals surface area contributed by atoms with Gasteiger partial charge in [0.05, 0.1) is 23.3 Å². The molecule has 0 saturated carbocycles. The van der Waals surface area contributed by atoms with Crippen LogP contribution in [-0.4, -0.2) is 24.0 Å². The van der Waals surface area contributed by atoms with E-state index in [2.05, 4.69) is 13.8 Å². The first-order chi connectivity index (χ1) is 14.6. The number of imide groups is 1. The normalized spacial score (nSPS) is 24.4. The lowest BCUT2D eigenvalue weighted by Gasteiger charge is -2.34. The number of amides is 2. The Bertz CT molecular complexity index is 914. The largest absolute Gasteiger partial charge is 0.273 e. The predicted molar refractivity (Wildman–Crippen MR) is 118 cm³/mol. The lowest BCUT2D eigenvalue weighted by atomic mass is 9.82. The molecule has 2 amide bonds. The van der Waals surface area contributed by atoms with Crippen LogP contribution in [0, 0.1) is 18.8 Å². The van der Waals surface area contributed by atoms with Gasteiger partial charge in [-0.25, -0.2) is 9.96 Å². The number of anilines is 2. The summed E-state index contributed by atoms with van der Waals surface area (Å²) in [6, 6.07) is 17.2. The molecule has 0 aliphatic carbocycles. The molecule has 30 heavy (non-hydrogen) atoms. The van der Waals surface area contributed by atoms with Crippen LogP contribution >= 0.6 is 0 Å². The highest BCUT2D eigenvalue weighted by molar-refractivity contribution is 6.24. The molecule has 2 heterocycles. The molecule has 2 aromatic rings. The van der Waals surface area contributed by atoms with Gasteiger partial charge in [-0.15, -0.1) is 0 Å². The van der Waals surface area contributed by atoms with Crippen molar-refractivity contribution < 1.29 is 14.4 Å². The summed E-state index contributed by atoms with van der Waals surface area (Å²) in [7, 11) is 0. The van der Waals surface area contributed by atoms with E-state index < -0.39 is 12.0 Å². The Balaban J connectivity index is 1.73. The maximum absolute atomic E-state index is 13.6. The second kappa shape index (κ2) is 8.60. The molecule has 0 N–H and O–H groups in total. The lowest BCUT2D eigenvalue weighted by molar-refractivity contribution is -0.126. The standard InChI is InChI=1S/C25H30N2O3/c1-4-6-13-18(5-2)22-21-23(30-27(22)19-14-8-7-9-15-19)25(29)26(24(21)28)20-16-11-10-12-17(20)3/h7-12,14-16,18,21-23H,4-6,13H2,1-3H3/t18-,21+,22-,23+/m0/s1. The van der Waals surface area contributed by atoms with Gasteiger partial charge in [0.2, 0.25) is 5.91 Å². The van der Waals surface area contributed by atoms with Crippen molar-refractivity contribution in [2.45, 2.75) is 58.6 Å². The second-order valence-electron chi connectivity index (χ2n) is 8.31. The van der Waals surface area contributed by atoms with Gasteiger partial charge >= 0.3 is 0 Å². The first-order valence-electron chi connectivity index (χ1n) is 11.0. The molecule has 0 unspecified atom stereocenters. The molecule has 0 radical (unpaired) electrons. The quantitative estimate of drug-likeness (QED) is 0.614. The summed E-state index contributed by atoms with van der Waals surface area (Å²) < 4.78 is 0. The number of nitrogens with zero attached hydrogens (tertiary/aromatic N) is 2. The zero-order valence-corrected chi connectivity index (χ0v) is 18.0. The molecule has 4 rings (SSSR count). The van der Waals surface area contributed by atoms with Gasteiger partial charge in [0.15, 0.2) is 6.10 Å². The van der Waals surface area contributed by atoms with E-state index in [0.717, 1.165) is 36.9 Å². The monoisotopic (exact) mass is 406 g/mol. The van der Waals surface area contributed by atoms with Gasteiger partial charge < -0.3 is 0 Å². The highest BCUT2D eigenvalue weighted by atomic mass is 16.7. The van der Waals surface area contributed by atoms with Crippen molar-refractivity contribution in [2.24, 2.45) is 11.8 Å². The number of para-hydroxylation sites is 2. The number of aryl methyl sites for hydroxylation is 1. The van der Waals surface area contributed by atoms with Crippen molar-refractivity contribution in [3.63, 3.8) is 0 Å². The summed E-state index contributed by atoms with van der Waals surface area (Å²) in [6.45, 7) is 6.27. The fourth-order valence-electron chi connectivity index (χ4n) is 4.87. The number of hydrogen-bond acceptors (Lipinski definition) is 4. The molecule has 0 bridgehead atoms. The summed E-state index contributed by atoms with van der Waals surface area (Å²) in [5, 5.41) is 1.85. The van der Waals surface area contributed by atoms with Crippen LogP contribution in [-0.2, 0) is 14.4 Å². The zero-order valence-electron chi connectivity index (χ0n) is 18.0. The first-order valence-corrected chi connectivity index (χ1v) is 11.0. The molecule has 5 heteroatoms. The fraction of sp³-hybridized carbons (Fsp3) is 0.440. The van der Waals surface area contributed by atoms with Gasteiger partial charge in [-0.1, -0.05) is 69.5 Å². The van der Waals surface area contributed by atoms with E-state index in [1.54, 1.807) is 0 Å². The third kappa shape index (κ3) is 3.41. The van der Waals surface area contributed by atoms with Crippen molar-refractivity contribution in [3.05, 3.63) is 60.2 Å². The average molecular weight is 407 g/mol. The lowest BCUT2D eigenvalue weighted by Crippen LogP contribution is -2.44. The number of hydrogen-bond donors (Lipinski definition) is 0. The van der Waals surface area contributed by atoms with E-state index in [9.17, 15) is 9.59 Å². The van der Waals surface area contributed by atoms with Crippen LogP contribution < -0.4 is 9.96 Å². The van der Waals surface area contributed by atoms with Crippen LogP contribution in [0.25, 0.3) is 0 Å². The topological polar surface area (TPSA) is 49.9 Å². The molecule has 2 saturated heterocycles. The molecule has 2 aliphatic heterocycles. The molecule has 4 atom stereocenters. The Labute approximate surface area is 178 Å². The van der Waals surface area contributed by atoms with Crippen molar-refractivity contribution >= 4 is 23.2 Å². The van der Waals surface area contributed by atoms with Gasteiger partial charge in [0, 0.05) is 0 Å². The van der Waals surface area contributed by atoms with E-state index in [0.29, 0.717) is 5.69 Å². The van der Waals surface area contributed by atoms with Gasteiger partial charge in [-0.3, -0.25) is 14.4 Å². The van der Waals surface area contributed by atoms with Crippen LogP contribution in [0.1, 0.15) is 45.1 Å². The Morgan fingerprint density at radius 2 is 1.67 bits per heavy atom. The first kappa shape index (κ1) is 20.6. The fourth-order valence-corrected chi connectivity index (χ4v) is 4.87. The minimum absolute atomic E-state index is 0.141. The van der Waals surface area contributed by atoms with E-state index in [-0.39, 0.29) is 23.8 Å². The van der Waals surface area contributed by atoms with Crippen LogP contribution in [0.4, 0.5) is 11.4 Å². The maximum atomic E-state index is 13.6. The Morgan fingerprint density at radius 1 is 0.967 bits per heavy atom. The maximum Gasteiger partial charge on any atom is 0.266 e. The highest BCUT2D eigenvalue weighted by Crippen LogP contribution is 2.44. The van der Waals surface area contributed by atoms with Gasteiger partial charge in [-0.05, 0) is 43.0 Å². The summed E-state index contributed by atoms with van der Waals surface area (Å²) >= 11 is 0. The zero-order chi connectivity index (χ0) is 21.3. The second-order valence-corrected chi connectivity index (χ2v) is 8.31. The smallest absolute Gasteiger partial charge is 0.266 e. The Morgan fingerprint density at radius 3 is 2.33 bits per heavy atom. The summed E-state index contributed by atoms with van der Waals surface area (Å²) in [5.41, 5.74) is 2.47. The molecular weight excluding hydrogens is 376 g/mol. The van der Waals surface area contributed by atoms with Crippen LogP contribution in [0.5, 0.6) is 0 Å². The Kier molecular flexibility index (Phi) is 5.91. The van der Waals surface area contributed by atoms with Crippen LogP contribution in [0.15, 0.2) is 54.6 Å². The highest BCUT2D eigenvalue weighted by Gasteiger charge is 2.61. The summed E-state index contributed by atoms with van der Waals surface area (Å²) in [4.78, 5) is 34.6. The number of rotatable bonds is 7. The molecule has 2 aliphatic rings. The van der Waals surface area contributed by atoms with Gasteiger partial charge in [-0.2, -0.15) is 0 Å². The molecule has 0 aromatic heterocycles. The van der Waals surface area contributed by atoms with E-state index in [1.807, 2.05) is 66.6 Å². The van der Waals surface area contributed by atoms with Gasteiger partial charge in [0.1, 0.15) is 0 Å². The number of fused-ring (bicyclic) bond motifs is 1. The molecule has 2 fully saturated rings. The van der Waals surface area contributed by atoms with Crippen molar-refractivity contribution in [2.75, 3.05) is 9.96 Å². The van der Waals surface area contributed by atoms with Crippen molar-refractivity contribution in [3.8, 4) is 0 Å². The minimum atomic E-state index is -0.766. The van der Waals surface area contributed by atoms with Crippen molar-refractivity contribution in [1.82, 2.24) is 0 Å². The number of unbranched alkanes of at least 4 members (excludes halogenated alkanes) is 1. The van der Waals surface area contributed by atoms with Gasteiger partial charge in [0.25, 0.3) is 5.91 Å². The number of benzene rings is 2. The SMILES string of the molecule is CCCC[C@H](CC)[C@H]1[C@H]2C(=O)N(c3ccccc3C)C(=O)[C@@H]2ON1c1ccccc1. The third-order valence-corrected chi connectivity index (χ3v) is 6.46. The van der Waals surface area contributed by atoms with E-state index in [1.165, 1.54) is 4.90 Å². The predicted octanol–water partition coefficient (Wildman–Crippen LogP) is 4.89. The number of carbonyl (C=O) groups is 2. The minimum Gasteiger partial charge on any atom is -0.273 e. The third-order valence-electron chi connectivity index (χ3n) is 6.46. The molecular formula is C25H30N2O3.